The number of nitrogens with one attached hydrogen (secondary N) is 1. The van der Waals surface area contributed by atoms with Crippen molar-refractivity contribution in [3.8, 4) is 17.1 Å². The number of carbonyl (C=O) groups excluding carboxylic acids is 1. The summed E-state index contributed by atoms with van der Waals surface area (Å²) in [6.45, 7) is 3.45. The van der Waals surface area contributed by atoms with Crippen molar-refractivity contribution in [1.29, 1.82) is 0 Å². The van der Waals surface area contributed by atoms with Gasteiger partial charge in [-0.3, -0.25) is 9.78 Å². The van der Waals surface area contributed by atoms with Gasteiger partial charge in [-0.1, -0.05) is 17.7 Å². The van der Waals surface area contributed by atoms with Gasteiger partial charge in [0.25, 0.3) is 0 Å². The maximum absolute atomic E-state index is 13.2. The second kappa shape index (κ2) is 9.77. The van der Waals surface area contributed by atoms with Crippen molar-refractivity contribution in [2.75, 3.05) is 32.6 Å². The quantitative estimate of drug-likeness (QED) is 0.639. The van der Waals surface area contributed by atoms with Crippen LogP contribution in [0.3, 0.4) is 0 Å². The van der Waals surface area contributed by atoms with Gasteiger partial charge in [0.15, 0.2) is 5.82 Å². The van der Waals surface area contributed by atoms with E-state index in [1.54, 1.807) is 19.5 Å². The normalized spacial score (nSPS) is 16.0. The minimum atomic E-state index is 0.119. The maximum Gasteiger partial charge on any atom is 0.227 e. The molecule has 166 valence electrons. The van der Waals surface area contributed by atoms with Gasteiger partial charge in [0.2, 0.25) is 5.91 Å². The minimum absolute atomic E-state index is 0.119. The van der Waals surface area contributed by atoms with Gasteiger partial charge in [-0.05, 0) is 38.0 Å². The first-order valence-electron chi connectivity index (χ1n) is 11.0. The summed E-state index contributed by atoms with van der Waals surface area (Å²) < 4.78 is 5.46. The minimum Gasteiger partial charge on any atom is -0.496 e. The molecule has 1 fully saturated rings. The highest BCUT2D eigenvalue weighted by Gasteiger charge is 2.27. The van der Waals surface area contributed by atoms with Crippen molar-refractivity contribution in [3.05, 3.63) is 65.6 Å². The Balaban J connectivity index is 1.54. The Labute approximate surface area is 188 Å². The molecular formula is C25H29N5O2. The number of rotatable bonds is 6. The van der Waals surface area contributed by atoms with Gasteiger partial charge in [-0.15, -0.1) is 0 Å². The van der Waals surface area contributed by atoms with E-state index >= 15 is 0 Å². The van der Waals surface area contributed by atoms with Crippen LogP contribution in [0.15, 0.2) is 48.8 Å². The number of benzene rings is 1. The Morgan fingerprint density at radius 2 is 2.12 bits per heavy atom. The van der Waals surface area contributed by atoms with Crippen molar-refractivity contribution in [2.45, 2.75) is 32.1 Å². The molecule has 3 heterocycles. The van der Waals surface area contributed by atoms with Gasteiger partial charge in [0.05, 0.1) is 19.2 Å². The molecule has 1 aliphatic heterocycles. The van der Waals surface area contributed by atoms with E-state index in [-0.39, 0.29) is 11.8 Å². The van der Waals surface area contributed by atoms with E-state index < -0.39 is 0 Å². The van der Waals surface area contributed by atoms with E-state index in [2.05, 4.69) is 15.3 Å². The maximum atomic E-state index is 13.2. The lowest BCUT2D eigenvalue weighted by Crippen LogP contribution is -2.40. The molecule has 3 aromatic rings. The number of anilines is 1. The molecule has 1 atom stereocenters. The lowest BCUT2D eigenvalue weighted by Gasteiger charge is -2.33. The van der Waals surface area contributed by atoms with Gasteiger partial charge in [0, 0.05) is 55.6 Å². The lowest BCUT2D eigenvalue weighted by molar-refractivity contribution is -0.131. The number of hydrogen-bond donors (Lipinski definition) is 1. The highest BCUT2D eigenvalue weighted by molar-refractivity contribution is 5.79. The van der Waals surface area contributed by atoms with E-state index in [9.17, 15) is 4.79 Å². The first-order chi connectivity index (χ1) is 15.6. The van der Waals surface area contributed by atoms with Crippen LogP contribution in [0.25, 0.3) is 11.4 Å². The molecular weight excluding hydrogens is 402 g/mol. The summed E-state index contributed by atoms with van der Waals surface area (Å²) in [6.07, 6.45) is 5.78. The number of likely N-dealkylation sites (tertiary alicyclic amines) is 1. The number of hydrogen-bond acceptors (Lipinski definition) is 6. The van der Waals surface area contributed by atoms with E-state index in [0.29, 0.717) is 18.8 Å². The van der Waals surface area contributed by atoms with Crippen molar-refractivity contribution in [1.82, 2.24) is 19.9 Å². The molecule has 1 aliphatic rings. The van der Waals surface area contributed by atoms with Crippen LogP contribution in [0.1, 0.15) is 35.6 Å². The van der Waals surface area contributed by atoms with Crippen LogP contribution >= 0.6 is 0 Å². The molecule has 4 rings (SSSR count). The van der Waals surface area contributed by atoms with Crippen molar-refractivity contribution in [2.24, 2.45) is 0 Å². The Hall–Kier alpha value is -3.48. The fourth-order valence-electron chi connectivity index (χ4n) is 4.19. The largest absolute Gasteiger partial charge is 0.496 e. The number of ether oxygens (including phenoxy) is 1. The number of aromatic nitrogens is 3. The van der Waals surface area contributed by atoms with E-state index in [0.717, 1.165) is 53.3 Å². The molecule has 7 heteroatoms. The van der Waals surface area contributed by atoms with E-state index in [4.69, 9.17) is 9.72 Å². The van der Waals surface area contributed by atoms with Crippen LogP contribution < -0.4 is 10.1 Å². The summed E-state index contributed by atoms with van der Waals surface area (Å²) in [5.41, 5.74) is 3.88. The fraction of sp³-hybridized carbons (Fsp3) is 0.360. The molecule has 2 aromatic heterocycles. The van der Waals surface area contributed by atoms with Gasteiger partial charge in [-0.2, -0.15) is 0 Å². The zero-order valence-corrected chi connectivity index (χ0v) is 18.8. The number of amides is 1. The smallest absolute Gasteiger partial charge is 0.227 e. The SMILES string of the molecule is CNc1cc(C2CCCN(C(=O)Cc3cc(C)ccc3OC)C2)nc(-c2cccnc2)n1. The third-order valence-corrected chi connectivity index (χ3v) is 5.89. The molecule has 32 heavy (non-hydrogen) atoms. The average molecular weight is 432 g/mol. The molecule has 0 saturated carbocycles. The molecule has 1 aromatic carbocycles. The number of piperidine rings is 1. The second-order valence-electron chi connectivity index (χ2n) is 8.16. The molecule has 1 saturated heterocycles. The van der Waals surface area contributed by atoms with Crippen LogP contribution in [-0.4, -0.2) is 53.0 Å². The van der Waals surface area contributed by atoms with Crippen molar-refractivity contribution in [3.63, 3.8) is 0 Å². The first-order valence-corrected chi connectivity index (χ1v) is 11.0. The van der Waals surface area contributed by atoms with Crippen molar-refractivity contribution < 1.29 is 9.53 Å². The van der Waals surface area contributed by atoms with Crippen LogP contribution in [0.5, 0.6) is 5.75 Å². The number of methoxy groups -OCH3 is 1. The average Bonchev–Trinajstić information content (AvgIpc) is 2.84. The molecule has 0 spiro atoms. The zero-order chi connectivity index (χ0) is 22.5. The molecule has 1 unspecified atom stereocenters. The summed E-state index contributed by atoms with van der Waals surface area (Å²) in [6, 6.07) is 11.8. The number of carbonyl (C=O) groups is 1. The Bertz CT molecular complexity index is 1090. The predicted molar refractivity (Wildman–Crippen MR) is 125 cm³/mol. The van der Waals surface area contributed by atoms with Gasteiger partial charge in [-0.25, -0.2) is 9.97 Å². The van der Waals surface area contributed by atoms with Gasteiger partial charge >= 0.3 is 0 Å². The Kier molecular flexibility index (Phi) is 6.63. The van der Waals surface area contributed by atoms with Crippen LogP contribution in [0.4, 0.5) is 5.82 Å². The molecule has 1 amide bonds. The molecule has 7 nitrogen and oxygen atoms in total. The number of aryl methyl sites for hydroxylation is 1. The van der Waals surface area contributed by atoms with Crippen LogP contribution in [-0.2, 0) is 11.2 Å². The molecule has 1 N–H and O–H groups in total. The summed E-state index contributed by atoms with van der Waals surface area (Å²) in [7, 11) is 3.49. The third kappa shape index (κ3) is 4.88. The monoisotopic (exact) mass is 431 g/mol. The van der Waals surface area contributed by atoms with Gasteiger partial charge in [0.1, 0.15) is 11.6 Å². The standard InChI is InChI=1S/C25H29N5O2/c1-17-8-9-22(32-3)20(12-17)13-24(31)30-11-5-7-19(16-30)21-14-23(26-2)29-25(28-21)18-6-4-10-27-15-18/h4,6,8-10,12,14-15,19H,5,7,11,13,16H2,1-3H3,(H,26,28,29). The first kappa shape index (κ1) is 21.7. The highest BCUT2D eigenvalue weighted by atomic mass is 16.5. The highest BCUT2D eigenvalue weighted by Crippen LogP contribution is 2.29. The number of pyridine rings is 1. The molecule has 0 bridgehead atoms. The second-order valence-corrected chi connectivity index (χ2v) is 8.16. The summed E-state index contributed by atoms with van der Waals surface area (Å²) in [5, 5.41) is 3.14. The van der Waals surface area contributed by atoms with E-state index in [1.165, 1.54) is 0 Å². The number of nitrogens with zero attached hydrogens (tertiary/aromatic N) is 4. The third-order valence-electron chi connectivity index (χ3n) is 5.89. The predicted octanol–water partition coefficient (Wildman–Crippen LogP) is 3.85. The Morgan fingerprint density at radius 3 is 2.88 bits per heavy atom. The fourth-order valence-corrected chi connectivity index (χ4v) is 4.19. The Morgan fingerprint density at radius 1 is 1.25 bits per heavy atom. The molecule has 0 radical (unpaired) electrons. The summed E-state index contributed by atoms with van der Waals surface area (Å²) in [5.74, 6) is 2.45. The summed E-state index contributed by atoms with van der Waals surface area (Å²) >= 11 is 0. The van der Waals surface area contributed by atoms with E-state index in [1.807, 2.05) is 55.3 Å². The summed E-state index contributed by atoms with van der Waals surface area (Å²) in [4.78, 5) is 28.7. The van der Waals surface area contributed by atoms with Crippen LogP contribution in [0, 0.1) is 6.92 Å². The topological polar surface area (TPSA) is 80.2 Å². The van der Waals surface area contributed by atoms with Crippen molar-refractivity contribution >= 4 is 11.7 Å². The van der Waals surface area contributed by atoms with Crippen LogP contribution in [0.2, 0.25) is 0 Å². The van der Waals surface area contributed by atoms with Gasteiger partial charge < -0.3 is 15.0 Å². The lowest BCUT2D eigenvalue weighted by atomic mass is 9.93. The molecule has 0 aliphatic carbocycles. The zero-order valence-electron chi connectivity index (χ0n) is 18.8.